The summed E-state index contributed by atoms with van der Waals surface area (Å²) in [5.74, 6) is -4.17. The number of aliphatic hydroxyl groups excluding tert-OH is 1. The molecule has 0 saturated carbocycles. The standard InChI is InChI=1S/C28H30ClF3N2O5/c1-38-18-2-3-23-19(14-18)26(20(29)16-33-23)24(35)4-5-28(15-25(36)37)6-8-34(9-7-28)10-11-39-27-21(31)12-17(30)13-22(27)32/h2-3,12-14,16,24,35H,4-11,15H2,1H3,(H,36,37). The lowest BCUT2D eigenvalue weighted by atomic mass is 9.71. The van der Waals surface area contributed by atoms with E-state index in [-0.39, 0.29) is 13.0 Å². The molecule has 1 aromatic heterocycles. The molecule has 1 aliphatic rings. The Morgan fingerprint density at radius 1 is 1.18 bits per heavy atom. The normalized spacial score (nSPS) is 16.3. The number of nitrogens with zero attached hydrogens (tertiary/aromatic N) is 2. The second-order valence-corrected chi connectivity index (χ2v) is 10.3. The van der Waals surface area contributed by atoms with Gasteiger partial charge in [0.25, 0.3) is 0 Å². The highest BCUT2D eigenvalue weighted by atomic mass is 35.5. The third-order valence-corrected chi connectivity index (χ3v) is 7.71. The molecule has 3 aromatic rings. The van der Waals surface area contributed by atoms with Gasteiger partial charge in [-0.3, -0.25) is 14.7 Å². The average Bonchev–Trinajstić information content (AvgIpc) is 2.89. The maximum Gasteiger partial charge on any atom is 0.303 e. The molecule has 0 amide bonds. The lowest BCUT2D eigenvalue weighted by Gasteiger charge is -2.41. The van der Waals surface area contributed by atoms with Crippen LogP contribution in [0.1, 0.15) is 43.8 Å². The molecule has 1 aliphatic heterocycles. The number of carbonyl (C=O) groups is 1. The summed E-state index contributed by atoms with van der Waals surface area (Å²) in [7, 11) is 1.54. The lowest BCUT2D eigenvalue weighted by Crippen LogP contribution is -2.42. The number of aliphatic carboxylic acids is 1. The summed E-state index contributed by atoms with van der Waals surface area (Å²) in [4.78, 5) is 18.1. The number of hydrogen-bond donors (Lipinski definition) is 2. The summed E-state index contributed by atoms with van der Waals surface area (Å²) in [6.45, 7) is 1.46. The van der Waals surface area contributed by atoms with Gasteiger partial charge in [-0.2, -0.15) is 0 Å². The van der Waals surface area contributed by atoms with E-state index in [9.17, 15) is 28.2 Å². The summed E-state index contributed by atoms with van der Waals surface area (Å²) in [6, 6.07) is 6.44. The molecular formula is C28H30ClF3N2O5. The minimum absolute atomic E-state index is 0.0127. The molecule has 0 spiro atoms. The first-order valence-corrected chi connectivity index (χ1v) is 13.0. The number of methoxy groups -OCH3 is 1. The van der Waals surface area contributed by atoms with Crippen molar-refractivity contribution in [3.63, 3.8) is 0 Å². The highest BCUT2D eigenvalue weighted by Crippen LogP contribution is 2.43. The van der Waals surface area contributed by atoms with E-state index in [1.54, 1.807) is 25.3 Å². The molecule has 0 radical (unpaired) electrons. The Bertz CT molecular complexity index is 1310. The minimum atomic E-state index is -1.11. The van der Waals surface area contributed by atoms with Crippen LogP contribution in [-0.2, 0) is 4.79 Å². The number of benzene rings is 2. The minimum Gasteiger partial charge on any atom is -0.497 e. The highest BCUT2D eigenvalue weighted by molar-refractivity contribution is 6.32. The van der Waals surface area contributed by atoms with Crippen LogP contribution < -0.4 is 9.47 Å². The van der Waals surface area contributed by atoms with Crippen molar-refractivity contribution in [3.8, 4) is 11.5 Å². The monoisotopic (exact) mass is 566 g/mol. The van der Waals surface area contributed by atoms with Crippen LogP contribution in [0.15, 0.2) is 36.5 Å². The van der Waals surface area contributed by atoms with Crippen LogP contribution in [0.25, 0.3) is 10.9 Å². The van der Waals surface area contributed by atoms with E-state index in [0.29, 0.717) is 84.7 Å². The number of aromatic nitrogens is 1. The second-order valence-electron chi connectivity index (χ2n) is 9.92. The van der Waals surface area contributed by atoms with Crippen molar-refractivity contribution in [1.29, 1.82) is 0 Å². The summed E-state index contributed by atoms with van der Waals surface area (Å²) in [5.41, 5.74) is 0.651. The molecule has 1 unspecified atom stereocenters. The highest BCUT2D eigenvalue weighted by Gasteiger charge is 2.37. The molecule has 1 atom stereocenters. The van der Waals surface area contributed by atoms with E-state index in [0.717, 1.165) is 0 Å². The Labute approximate surface area is 229 Å². The van der Waals surface area contributed by atoms with Gasteiger partial charge in [-0.1, -0.05) is 11.6 Å². The molecule has 39 heavy (non-hydrogen) atoms. The van der Waals surface area contributed by atoms with Crippen molar-refractivity contribution >= 4 is 28.5 Å². The van der Waals surface area contributed by atoms with Gasteiger partial charge in [0.2, 0.25) is 0 Å². The summed E-state index contributed by atoms with van der Waals surface area (Å²) >= 11 is 6.43. The van der Waals surface area contributed by atoms with Crippen molar-refractivity contribution in [2.45, 2.75) is 38.2 Å². The molecule has 0 bridgehead atoms. The molecule has 2 N–H and O–H groups in total. The quantitative estimate of drug-likeness (QED) is 0.305. The largest absolute Gasteiger partial charge is 0.497 e. The van der Waals surface area contributed by atoms with Crippen LogP contribution in [0.4, 0.5) is 13.2 Å². The summed E-state index contributed by atoms with van der Waals surface area (Å²) < 4.78 is 51.2. The van der Waals surface area contributed by atoms with Gasteiger partial charge < -0.3 is 19.7 Å². The lowest BCUT2D eigenvalue weighted by molar-refractivity contribution is -0.141. The summed E-state index contributed by atoms with van der Waals surface area (Å²) in [6.07, 6.45) is 2.39. The fourth-order valence-corrected chi connectivity index (χ4v) is 5.53. The van der Waals surface area contributed by atoms with E-state index in [1.165, 1.54) is 6.20 Å². The van der Waals surface area contributed by atoms with E-state index >= 15 is 0 Å². The SMILES string of the molecule is COc1ccc2ncc(Cl)c(C(O)CCC3(CC(=O)O)CCN(CCOc4c(F)cc(F)cc4F)CC3)c2c1. The number of likely N-dealkylation sites (tertiary alicyclic amines) is 1. The fourth-order valence-electron chi connectivity index (χ4n) is 5.25. The molecule has 210 valence electrons. The summed E-state index contributed by atoms with van der Waals surface area (Å²) in [5, 5.41) is 21.8. The third-order valence-electron chi connectivity index (χ3n) is 7.41. The Morgan fingerprint density at radius 3 is 2.51 bits per heavy atom. The van der Waals surface area contributed by atoms with Gasteiger partial charge >= 0.3 is 5.97 Å². The van der Waals surface area contributed by atoms with Crippen LogP contribution in [0, 0.1) is 22.9 Å². The first-order valence-electron chi connectivity index (χ1n) is 12.6. The third kappa shape index (κ3) is 6.93. The molecular weight excluding hydrogens is 537 g/mol. The second kappa shape index (κ2) is 12.4. The van der Waals surface area contributed by atoms with Crippen LogP contribution in [-0.4, -0.2) is 59.4 Å². The van der Waals surface area contributed by atoms with E-state index in [2.05, 4.69) is 4.98 Å². The van der Waals surface area contributed by atoms with Gasteiger partial charge in [-0.05, 0) is 62.4 Å². The van der Waals surface area contributed by atoms with Crippen molar-refractivity contribution in [1.82, 2.24) is 9.88 Å². The number of fused-ring (bicyclic) bond motifs is 1. The first-order chi connectivity index (χ1) is 18.6. The number of carboxylic acids is 1. The van der Waals surface area contributed by atoms with E-state index in [1.807, 2.05) is 4.90 Å². The molecule has 0 aliphatic carbocycles. The Balaban J connectivity index is 1.39. The van der Waals surface area contributed by atoms with Crippen LogP contribution in [0.2, 0.25) is 5.02 Å². The number of ether oxygens (including phenoxy) is 2. The van der Waals surface area contributed by atoms with Crippen molar-refractivity contribution in [2.24, 2.45) is 5.41 Å². The molecule has 1 saturated heterocycles. The molecule has 1 fully saturated rings. The van der Waals surface area contributed by atoms with Gasteiger partial charge in [0.1, 0.15) is 18.2 Å². The van der Waals surface area contributed by atoms with Gasteiger partial charge in [0, 0.05) is 35.8 Å². The topological polar surface area (TPSA) is 92.1 Å². The number of pyridine rings is 1. The first kappa shape index (κ1) is 28.9. The molecule has 2 aromatic carbocycles. The zero-order chi connectivity index (χ0) is 28.2. The van der Waals surface area contributed by atoms with Gasteiger partial charge in [-0.25, -0.2) is 13.2 Å². The average molecular weight is 567 g/mol. The number of hydrogen-bond acceptors (Lipinski definition) is 6. The predicted molar refractivity (Wildman–Crippen MR) is 140 cm³/mol. The van der Waals surface area contributed by atoms with Crippen molar-refractivity contribution in [2.75, 3.05) is 33.4 Å². The fraction of sp³-hybridized carbons (Fsp3) is 0.429. The molecule has 11 heteroatoms. The van der Waals surface area contributed by atoms with Crippen molar-refractivity contribution in [3.05, 3.63) is 64.6 Å². The predicted octanol–water partition coefficient (Wildman–Crippen LogP) is 5.76. The van der Waals surface area contributed by atoms with Crippen molar-refractivity contribution < 1.29 is 37.7 Å². The Morgan fingerprint density at radius 2 is 1.87 bits per heavy atom. The van der Waals surface area contributed by atoms with Crippen LogP contribution in [0.3, 0.4) is 0 Å². The number of piperidine rings is 1. The number of halogens is 4. The smallest absolute Gasteiger partial charge is 0.303 e. The molecule has 4 rings (SSSR count). The van der Waals surface area contributed by atoms with E-state index in [4.69, 9.17) is 21.1 Å². The number of rotatable bonds is 11. The molecule has 7 nitrogen and oxygen atoms in total. The molecule has 2 heterocycles. The Hall–Kier alpha value is -3.08. The zero-order valence-corrected chi connectivity index (χ0v) is 22.2. The van der Waals surface area contributed by atoms with Gasteiger partial charge in [0.15, 0.2) is 17.4 Å². The zero-order valence-electron chi connectivity index (χ0n) is 21.4. The van der Waals surface area contributed by atoms with E-state index < -0.39 is 40.7 Å². The Kier molecular flexibility index (Phi) is 9.19. The maximum atomic E-state index is 13.8. The van der Waals surface area contributed by atoms with Crippen LogP contribution >= 0.6 is 11.6 Å². The number of carboxylic acid groups (broad SMARTS) is 1. The van der Waals surface area contributed by atoms with Gasteiger partial charge in [-0.15, -0.1) is 0 Å². The van der Waals surface area contributed by atoms with Crippen LogP contribution in [0.5, 0.6) is 11.5 Å². The number of aliphatic hydroxyl groups is 1. The van der Waals surface area contributed by atoms with Gasteiger partial charge in [0.05, 0.1) is 30.2 Å². The maximum absolute atomic E-state index is 13.8.